The van der Waals surface area contributed by atoms with Gasteiger partial charge in [-0.15, -0.1) is 0 Å². The molecule has 5 nitrogen and oxygen atoms in total. The van der Waals surface area contributed by atoms with Crippen LogP contribution in [0, 0.1) is 5.82 Å². The van der Waals surface area contributed by atoms with Gasteiger partial charge in [0.05, 0.1) is 11.3 Å². The van der Waals surface area contributed by atoms with Gasteiger partial charge in [0.2, 0.25) is 5.91 Å². The highest BCUT2D eigenvalue weighted by molar-refractivity contribution is 5.90. The normalized spacial score (nSPS) is 19.1. The number of urea groups is 1. The molecule has 1 aromatic carbocycles. The first-order valence-corrected chi connectivity index (χ1v) is 6.89. The predicted octanol–water partition coefficient (Wildman–Crippen LogP) is 2.59. The number of hydrogen-bond donors (Lipinski definition) is 2. The maximum atomic E-state index is 13.7. The molecule has 0 radical (unpaired) electrons. The average molecular weight is 333 g/mol. The number of anilines is 1. The van der Waals surface area contributed by atoms with Gasteiger partial charge in [0, 0.05) is 25.6 Å². The molecule has 1 heterocycles. The molecule has 3 amide bonds. The molecule has 0 unspecified atom stereocenters. The Balaban J connectivity index is 2.17. The number of carbonyl (C=O) groups excluding carboxylic acids is 2. The molecule has 0 spiro atoms. The molecule has 126 valence electrons. The molecule has 1 fully saturated rings. The van der Waals surface area contributed by atoms with Crippen molar-refractivity contribution in [3.63, 3.8) is 0 Å². The average Bonchev–Trinajstić information content (AvgIpc) is 2.62. The Morgan fingerprint density at radius 1 is 1.39 bits per heavy atom. The Morgan fingerprint density at radius 2 is 2.09 bits per heavy atom. The first kappa shape index (κ1) is 17.0. The molecule has 0 bridgehead atoms. The van der Waals surface area contributed by atoms with E-state index in [1.54, 1.807) is 6.92 Å². The van der Waals surface area contributed by atoms with Crippen molar-refractivity contribution in [3.8, 4) is 0 Å². The van der Waals surface area contributed by atoms with E-state index in [0.29, 0.717) is 18.2 Å². The van der Waals surface area contributed by atoms with E-state index in [4.69, 9.17) is 0 Å². The van der Waals surface area contributed by atoms with Crippen LogP contribution in [0.25, 0.3) is 0 Å². The Labute approximate surface area is 129 Å². The molecule has 1 atom stereocenters. The van der Waals surface area contributed by atoms with Crippen LogP contribution in [0.5, 0.6) is 0 Å². The Bertz CT molecular complexity index is 619. The second kappa shape index (κ2) is 6.43. The number of hydrogen-bond acceptors (Lipinski definition) is 2. The van der Waals surface area contributed by atoms with Gasteiger partial charge in [-0.05, 0) is 25.1 Å². The Hall–Kier alpha value is -2.32. The second-order valence-corrected chi connectivity index (χ2v) is 5.22. The number of rotatable bonds is 1. The molecule has 2 N–H and O–H groups in total. The van der Waals surface area contributed by atoms with Crippen LogP contribution < -0.4 is 10.6 Å². The van der Waals surface area contributed by atoms with E-state index in [-0.39, 0.29) is 31.5 Å². The van der Waals surface area contributed by atoms with Gasteiger partial charge in [0.15, 0.2) is 0 Å². The SMILES string of the molecule is C[C@@H]1CNC(=O)CCN1C(=O)Nc1cc(C(F)(F)F)ccc1F. The van der Waals surface area contributed by atoms with E-state index in [9.17, 15) is 27.2 Å². The van der Waals surface area contributed by atoms with E-state index in [1.165, 1.54) is 4.90 Å². The van der Waals surface area contributed by atoms with Crippen molar-refractivity contribution >= 4 is 17.6 Å². The van der Waals surface area contributed by atoms with Gasteiger partial charge in [-0.25, -0.2) is 9.18 Å². The van der Waals surface area contributed by atoms with Crippen LogP contribution >= 0.6 is 0 Å². The zero-order chi connectivity index (χ0) is 17.2. The number of nitrogens with zero attached hydrogens (tertiary/aromatic N) is 1. The molecule has 0 aliphatic carbocycles. The third-order valence-electron chi connectivity index (χ3n) is 3.50. The van der Waals surface area contributed by atoms with Crippen molar-refractivity contribution in [1.29, 1.82) is 0 Å². The lowest BCUT2D eigenvalue weighted by atomic mass is 10.2. The number of carbonyl (C=O) groups is 2. The summed E-state index contributed by atoms with van der Waals surface area (Å²) in [7, 11) is 0. The molecule has 9 heteroatoms. The summed E-state index contributed by atoms with van der Waals surface area (Å²) in [4.78, 5) is 24.8. The quantitative estimate of drug-likeness (QED) is 0.776. The van der Waals surface area contributed by atoms with Gasteiger partial charge in [-0.2, -0.15) is 13.2 Å². The lowest BCUT2D eigenvalue weighted by Gasteiger charge is -2.26. The Kier molecular flexibility index (Phi) is 4.76. The van der Waals surface area contributed by atoms with E-state index >= 15 is 0 Å². The molecule has 0 aromatic heterocycles. The number of benzene rings is 1. The number of nitrogens with one attached hydrogen (secondary N) is 2. The molecular formula is C14H15F4N3O2. The lowest BCUT2D eigenvalue weighted by molar-refractivity contribution is -0.137. The zero-order valence-electron chi connectivity index (χ0n) is 12.2. The van der Waals surface area contributed by atoms with Crippen molar-refractivity contribution in [2.75, 3.05) is 18.4 Å². The molecule has 1 aliphatic rings. The molecule has 1 aromatic rings. The van der Waals surface area contributed by atoms with Gasteiger partial charge < -0.3 is 15.5 Å². The summed E-state index contributed by atoms with van der Waals surface area (Å²) in [5.74, 6) is -1.19. The van der Waals surface area contributed by atoms with Crippen LogP contribution in [0.15, 0.2) is 18.2 Å². The molecular weight excluding hydrogens is 318 g/mol. The molecule has 1 saturated heterocycles. The van der Waals surface area contributed by atoms with E-state index in [0.717, 1.165) is 0 Å². The van der Waals surface area contributed by atoms with Gasteiger partial charge >= 0.3 is 12.2 Å². The van der Waals surface area contributed by atoms with Crippen LogP contribution in [-0.2, 0) is 11.0 Å². The van der Waals surface area contributed by atoms with Crippen LogP contribution in [0.2, 0.25) is 0 Å². The fourth-order valence-corrected chi connectivity index (χ4v) is 2.19. The van der Waals surface area contributed by atoms with Gasteiger partial charge in [0.25, 0.3) is 0 Å². The van der Waals surface area contributed by atoms with E-state index in [1.807, 2.05) is 0 Å². The predicted molar refractivity (Wildman–Crippen MR) is 74.2 cm³/mol. The summed E-state index contributed by atoms with van der Waals surface area (Å²) in [5.41, 5.74) is -1.62. The first-order chi connectivity index (χ1) is 10.7. The largest absolute Gasteiger partial charge is 0.416 e. The highest BCUT2D eigenvalue weighted by Crippen LogP contribution is 2.31. The number of halogens is 4. The second-order valence-electron chi connectivity index (χ2n) is 5.22. The maximum absolute atomic E-state index is 13.7. The van der Waals surface area contributed by atoms with Gasteiger partial charge in [0.1, 0.15) is 5.82 Å². The minimum Gasteiger partial charge on any atom is -0.354 e. The highest BCUT2D eigenvalue weighted by atomic mass is 19.4. The van der Waals surface area contributed by atoms with Crippen LogP contribution in [-0.4, -0.2) is 36.0 Å². The van der Waals surface area contributed by atoms with E-state index < -0.39 is 29.3 Å². The minimum atomic E-state index is -4.64. The van der Waals surface area contributed by atoms with Gasteiger partial charge in [-0.3, -0.25) is 4.79 Å². The standard InChI is InChI=1S/C14H15F4N3O2/c1-8-7-19-12(22)4-5-21(8)13(23)20-11-6-9(14(16,17)18)2-3-10(11)15/h2-3,6,8H,4-5,7H2,1H3,(H,19,22)(H,20,23)/t8-/m1/s1. The van der Waals surface area contributed by atoms with Crippen LogP contribution in [0.4, 0.5) is 28.0 Å². The smallest absolute Gasteiger partial charge is 0.354 e. The molecule has 2 rings (SSSR count). The fourth-order valence-electron chi connectivity index (χ4n) is 2.19. The minimum absolute atomic E-state index is 0.0723. The van der Waals surface area contributed by atoms with E-state index in [2.05, 4.69) is 10.6 Å². The van der Waals surface area contributed by atoms with Crippen LogP contribution in [0.3, 0.4) is 0 Å². The molecule has 0 saturated carbocycles. The van der Waals surface area contributed by atoms with Crippen molar-refractivity contribution in [1.82, 2.24) is 10.2 Å². The number of alkyl halides is 3. The third kappa shape index (κ3) is 4.11. The topological polar surface area (TPSA) is 61.4 Å². The van der Waals surface area contributed by atoms with Crippen molar-refractivity contribution in [2.24, 2.45) is 0 Å². The highest BCUT2D eigenvalue weighted by Gasteiger charge is 2.32. The summed E-state index contributed by atoms with van der Waals surface area (Å²) in [6.07, 6.45) is -4.57. The Morgan fingerprint density at radius 3 is 2.74 bits per heavy atom. The summed E-state index contributed by atoms with van der Waals surface area (Å²) in [6, 6.07) is 0.666. The zero-order valence-corrected chi connectivity index (χ0v) is 12.2. The third-order valence-corrected chi connectivity index (χ3v) is 3.50. The van der Waals surface area contributed by atoms with Crippen molar-refractivity contribution < 1.29 is 27.2 Å². The first-order valence-electron chi connectivity index (χ1n) is 6.89. The van der Waals surface area contributed by atoms with Crippen molar-refractivity contribution in [3.05, 3.63) is 29.6 Å². The monoisotopic (exact) mass is 333 g/mol. The maximum Gasteiger partial charge on any atom is 0.416 e. The summed E-state index contributed by atoms with van der Waals surface area (Å²) in [6.45, 7) is 1.99. The van der Waals surface area contributed by atoms with Gasteiger partial charge in [-0.1, -0.05) is 0 Å². The molecule has 23 heavy (non-hydrogen) atoms. The van der Waals surface area contributed by atoms with Crippen LogP contribution in [0.1, 0.15) is 18.9 Å². The number of amides is 3. The molecule has 1 aliphatic heterocycles. The summed E-state index contributed by atoms with van der Waals surface area (Å²) >= 11 is 0. The lowest BCUT2D eigenvalue weighted by Crippen LogP contribution is -2.44. The summed E-state index contributed by atoms with van der Waals surface area (Å²) in [5, 5.41) is 4.74. The summed E-state index contributed by atoms with van der Waals surface area (Å²) < 4.78 is 51.6. The fraction of sp³-hybridized carbons (Fsp3) is 0.429. The van der Waals surface area contributed by atoms with Crippen molar-refractivity contribution in [2.45, 2.75) is 25.6 Å².